The minimum Gasteiger partial charge on any atom is -0.389 e. The van der Waals surface area contributed by atoms with Gasteiger partial charge in [0.15, 0.2) is 5.82 Å². The molecule has 116 valence electrons. The number of alkyl halides is 3. The van der Waals surface area contributed by atoms with Crippen molar-refractivity contribution in [2.24, 2.45) is 0 Å². The van der Waals surface area contributed by atoms with E-state index in [2.05, 4.69) is 20.3 Å². The van der Waals surface area contributed by atoms with Crippen LogP contribution in [0.25, 0.3) is 5.57 Å². The van der Waals surface area contributed by atoms with Crippen LogP contribution in [0, 0.1) is 0 Å². The van der Waals surface area contributed by atoms with E-state index in [1.54, 1.807) is 6.08 Å². The SMILES string of the molecule is C[C@@H](Nc1nc(Cl)nc(C2=C[C@@H](O)CCC2)n1)C(F)(F)F. The van der Waals surface area contributed by atoms with Gasteiger partial charge >= 0.3 is 6.18 Å². The van der Waals surface area contributed by atoms with Crippen LogP contribution in [0.3, 0.4) is 0 Å². The molecule has 2 atom stereocenters. The Morgan fingerprint density at radius 3 is 2.71 bits per heavy atom. The quantitative estimate of drug-likeness (QED) is 0.895. The van der Waals surface area contributed by atoms with Gasteiger partial charge in [0.2, 0.25) is 11.2 Å². The number of aliphatic hydroxyl groups is 1. The molecule has 0 amide bonds. The number of hydrogen-bond donors (Lipinski definition) is 2. The first-order valence-electron chi connectivity index (χ1n) is 6.39. The molecule has 2 N–H and O–H groups in total. The molecule has 1 aromatic heterocycles. The monoisotopic (exact) mass is 322 g/mol. The molecule has 1 aliphatic rings. The second-order valence-corrected chi connectivity index (χ2v) is 5.15. The van der Waals surface area contributed by atoms with Gasteiger partial charge in [0.05, 0.1) is 6.10 Å². The predicted molar refractivity (Wildman–Crippen MR) is 71.8 cm³/mol. The first kappa shape index (κ1) is 16.0. The first-order valence-corrected chi connectivity index (χ1v) is 6.77. The van der Waals surface area contributed by atoms with Crippen LogP contribution in [0.5, 0.6) is 0 Å². The molecule has 0 spiro atoms. The van der Waals surface area contributed by atoms with Gasteiger partial charge in [-0.2, -0.15) is 28.1 Å². The number of rotatable bonds is 3. The van der Waals surface area contributed by atoms with Crippen LogP contribution in [0.15, 0.2) is 6.08 Å². The number of allylic oxidation sites excluding steroid dienone is 1. The summed E-state index contributed by atoms with van der Waals surface area (Å²) < 4.78 is 37.6. The summed E-state index contributed by atoms with van der Waals surface area (Å²) in [4.78, 5) is 11.5. The Hall–Kier alpha value is -1.41. The highest BCUT2D eigenvalue weighted by Crippen LogP contribution is 2.27. The Labute approximate surface area is 124 Å². The summed E-state index contributed by atoms with van der Waals surface area (Å²) in [5, 5.41) is 11.5. The van der Waals surface area contributed by atoms with E-state index in [1.165, 1.54) is 0 Å². The molecule has 0 saturated heterocycles. The summed E-state index contributed by atoms with van der Waals surface area (Å²) in [7, 11) is 0. The Bertz CT molecular complexity index is 550. The van der Waals surface area contributed by atoms with Crippen molar-refractivity contribution in [2.45, 2.75) is 44.5 Å². The maximum atomic E-state index is 12.5. The summed E-state index contributed by atoms with van der Waals surface area (Å²) in [6.07, 6.45) is -1.41. The molecule has 2 rings (SSSR count). The fourth-order valence-corrected chi connectivity index (χ4v) is 2.08. The highest BCUT2D eigenvalue weighted by atomic mass is 35.5. The summed E-state index contributed by atoms with van der Waals surface area (Å²) >= 11 is 5.73. The van der Waals surface area contributed by atoms with Crippen molar-refractivity contribution in [3.05, 3.63) is 17.2 Å². The molecule has 1 aliphatic carbocycles. The smallest absolute Gasteiger partial charge is 0.389 e. The van der Waals surface area contributed by atoms with Crippen molar-refractivity contribution in [2.75, 3.05) is 5.32 Å². The highest BCUT2D eigenvalue weighted by Gasteiger charge is 2.36. The van der Waals surface area contributed by atoms with Gasteiger partial charge in [-0.3, -0.25) is 0 Å². The van der Waals surface area contributed by atoms with E-state index in [-0.39, 0.29) is 17.1 Å². The van der Waals surface area contributed by atoms with Crippen molar-refractivity contribution < 1.29 is 18.3 Å². The molecule has 0 aromatic carbocycles. The summed E-state index contributed by atoms with van der Waals surface area (Å²) in [5.74, 6) is -0.0542. The van der Waals surface area contributed by atoms with Gasteiger partial charge in [0.1, 0.15) is 6.04 Å². The van der Waals surface area contributed by atoms with Crippen LogP contribution in [0.4, 0.5) is 19.1 Å². The summed E-state index contributed by atoms with van der Waals surface area (Å²) in [6, 6.07) is -1.81. The van der Waals surface area contributed by atoms with Crippen molar-refractivity contribution in [3.8, 4) is 0 Å². The number of aliphatic hydroxyl groups excluding tert-OH is 1. The van der Waals surface area contributed by atoms with Gasteiger partial charge in [-0.1, -0.05) is 0 Å². The number of nitrogens with zero attached hydrogens (tertiary/aromatic N) is 3. The van der Waals surface area contributed by atoms with E-state index < -0.39 is 18.3 Å². The van der Waals surface area contributed by atoms with Crippen LogP contribution in [-0.4, -0.2) is 38.4 Å². The van der Waals surface area contributed by atoms with Crippen molar-refractivity contribution >= 4 is 23.1 Å². The number of halogens is 4. The van der Waals surface area contributed by atoms with E-state index in [4.69, 9.17) is 11.6 Å². The van der Waals surface area contributed by atoms with Gasteiger partial charge in [0, 0.05) is 0 Å². The summed E-state index contributed by atoms with van der Waals surface area (Å²) in [5.41, 5.74) is 0.653. The fraction of sp³-hybridized carbons (Fsp3) is 0.583. The fourth-order valence-electron chi connectivity index (χ4n) is 1.92. The molecule has 0 fully saturated rings. The maximum absolute atomic E-state index is 12.5. The number of aromatic nitrogens is 3. The predicted octanol–water partition coefficient (Wildman–Crippen LogP) is 2.82. The van der Waals surface area contributed by atoms with Gasteiger partial charge in [-0.25, -0.2) is 0 Å². The Kier molecular flexibility index (Phi) is 4.67. The lowest BCUT2D eigenvalue weighted by atomic mass is 9.97. The second kappa shape index (κ2) is 6.15. The first-order chi connectivity index (χ1) is 9.75. The summed E-state index contributed by atoms with van der Waals surface area (Å²) in [6.45, 7) is 0.959. The topological polar surface area (TPSA) is 70.9 Å². The Morgan fingerprint density at radius 2 is 2.10 bits per heavy atom. The normalized spacial score (nSPS) is 20.9. The molecular formula is C12H14ClF3N4O. The van der Waals surface area contributed by atoms with Crippen molar-refractivity contribution in [3.63, 3.8) is 0 Å². The van der Waals surface area contributed by atoms with E-state index in [0.717, 1.165) is 13.3 Å². The zero-order valence-electron chi connectivity index (χ0n) is 11.2. The standard InChI is InChI=1S/C12H14ClF3N4O/c1-6(12(14,15)16)17-11-19-9(18-10(13)20-11)7-3-2-4-8(21)5-7/h5-6,8,21H,2-4H2,1H3,(H,17,18,19,20)/t6-,8+/m1/s1. The van der Waals surface area contributed by atoms with Gasteiger partial charge in [-0.05, 0) is 49.4 Å². The molecule has 0 radical (unpaired) electrons. The third kappa shape index (κ3) is 4.28. The van der Waals surface area contributed by atoms with E-state index >= 15 is 0 Å². The molecule has 1 heterocycles. The third-order valence-corrected chi connectivity index (χ3v) is 3.24. The lowest BCUT2D eigenvalue weighted by Gasteiger charge is -2.19. The van der Waals surface area contributed by atoms with Crippen molar-refractivity contribution in [1.29, 1.82) is 0 Å². The van der Waals surface area contributed by atoms with E-state index in [0.29, 0.717) is 18.4 Å². The van der Waals surface area contributed by atoms with Crippen LogP contribution in [-0.2, 0) is 0 Å². The maximum Gasteiger partial charge on any atom is 0.408 e. The molecule has 0 aliphatic heterocycles. The third-order valence-electron chi connectivity index (χ3n) is 3.07. The Balaban J connectivity index is 2.25. The number of hydrogen-bond acceptors (Lipinski definition) is 5. The number of nitrogens with one attached hydrogen (secondary N) is 1. The van der Waals surface area contributed by atoms with E-state index in [9.17, 15) is 18.3 Å². The zero-order valence-corrected chi connectivity index (χ0v) is 11.9. The minimum absolute atomic E-state index is 0.186. The molecule has 21 heavy (non-hydrogen) atoms. The molecule has 9 heteroatoms. The van der Waals surface area contributed by atoms with Crippen LogP contribution >= 0.6 is 11.6 Å². The average molecular weight is 323 g/mol. The number of anilines is 1. The zero-order chi connectivity index (χ0) is 15.6. The van der Waals surface area contributed by atoms with Crippen LogP contribution in [0.2, 0.25) is 5.28 Å². The highest BCUT2D eigenvalue weighted by molar-refractivity contribution is 6.28. The van der Waals surface area contributed by atoms with Gasteiger partial charge in [0.25, 0.3) is 0 Å². The lowest BCUT2D eigenvalue weighted by molar-refractivity contribution is -0.138. The second-order valence-electron chi connectivity index (χ2n) is 4.81. The molecule has 0 unspecified atom stereocenters. The molecule has 1 aromatic rings. The molecular weight excluding hydrogens is 309 g/mol. The van der Waals surface area contributed by atoms with Crippen LogP contribution < -0.4 is 5.32 Å². The minimum atomic E-state index is -4.42. The molecule has 0 saturated carbocycles. The van der Waals surface area contributed by atoms with E-state index in [1.807, 2.05) is 0 Å². The average Bonchev–Trinajstić information content (AvgIpc) is 2.37. The Morgan fingerprint density at radius 1 is 1.38 bits per heavy atom. The largest absolute Gasteiger partial charge is 0.408 e. The van der Waals surface area contributed by atoms with Crippen LogP contribution in [0.1, 0.15) is 32.0 Å². The molecule has 5 nitrogen and oxygen atoms in total. The van der Waals surface area contributed by atoms with Gasteiger partial charge in [-0.15, -0.1) is 0 Å². The lowest BCUT2D eigenvalue weighted by Crippen LogP contribution is -2.34. The molecule has 0 bridgehead atoms. The van der Waals surface area contributed by atoms with Gasteiger partial charge < -0.3 is 10.4 Å². The van der Waals surface area contributed by atoms with Crippen molar-refractivity contribution in [1.82, 2.24) is 15.0 Å².